The summed E-state index contributed by atoms with van der Waals surface area (Å²) in [6.07, 6.45) is 2.64. The zero-order valence-corrected chi connectivity index (χ0v) is 13.4. The van der Waals surface area contributed by atoms with E-state index in [9.17, 15) is 18.9 Å². The van der Waals surface area contributed by atoms with Gasteiger partial charge in [0.2, 0.25) is 11.6 Å². The maximum atomic E-state index is 13.8. The van der Waals surface area contributed by atoms with Gasteiger partial charge < -0.3 is 10.6 Å². The number of rotatable bonds is 5. The highest BCUT2D eigenvalue weighted by Gasteiger charge is 2.24. The van der Waals surface area contributed by atoms with Crippen LogP contribution in [0, 0.1) is 28.7 Å². The van der Waals surface area contributed by atoms with Crippen LogP contribution in [0.3, 0.4) is 0 Å². The number of anilines is 4. The lowest BCUT2D eigenvalue weighted by Gasteiger charge is -2.10. The minimum atomic E-state index is -0.783. The Bertz CT molecular complexity index is 965. The molecular weight excluding hydrogens is 346 g/mol. The number of hydrogen-bond donors (Lipinski definition) is 2. The molecule has 3 rings (SSSR count). The largest absolute Gasteiger partial charge is 0.353 e. The zero-order valence-electron chi connectivity index (χ0n) is 13.4. The Morgan fingerprint density at radius 3 is 2.42 bits per heavy atom. The minimum Gasteiger partial charge on any atom is -0.332 e. The number of pyridine rings is 1. The quantitative estimate of drug-likeness (QED) is 0.527. The van der Waals surface area contributed by atoms with E-state index in [2.05, 4.69) is 25.6 Å². The number of aryl methyl sites for hydroxylation is 1. The first-order valence-corrected chi connectivity index (χ1v) is 7.35. The second kappa shape index (κ2) is 7.05. The Morgan fingerprint density at radius 2 is 1.77 bits per heavy atom. The van der Waals surface area contributed by atoms with Gasteiger partial charge in [-0.1, -0.05) is 6.07 Å². The Morgan fingerprint density at radius 1 is 1.04 bits per heavy atom. The average Bonchev–Trinajstić information content (AvgIpc) is 2.60. The molecule has 1 aromatic carbocycles. The molecule has 132 valence electrons. The van der Waals surface area contributed by atoms with Gasteiger partial charge in [0.15, 0.2) is 0 Å². The van der Waals surface area contributed by atoms with Crippen LogP contribution in [0.2, 0.25) is 0 Å². The normalized spacial score (nSPS) is 10.4. The van der Waals surface area contributed by atoms with Crippen molar-refractivity contribution in [3.63, 3.8) is 0 Å². The molecule has 0 saturated heterocycles. The lowest BCUT2D eigenvalue weighted by molar-refractivity contribution is -0.383. The monoisotopic (exact) mass is 358 g/mol. The second-order valence-corrected chi connectivity index (χ2v) is 5.27. The molecule has 0 amide bonds. The van der Waals surface area contributed by atoms with E-state index >= 15 is 0 Å². The fourth-order valence-corrected chi connectivity index (χ4v) is 2.12. The molecular formula is C16H12F2N6O2. The maximum Gasteiger partial charge on any atom is 0.353 e. The van der Waals surface area contributed by atoms with Crippen LogP contribution >= 0.6 is 0 Å². The molecule has 2 aromatic heterocycles. The standard InChI is InChI=1S/C16H12F2N6O2/c1-9-2-5-13(19-7-9)23-16-14(24(25)26)15(20-8-21-16)22-12-6-10(17)3-4-11(12)18/h2-8H,1H3,(H2,19,20,21,22,23). The molecule has 2 N–H and O–H groups in total. The number of hydrogen-bond acceptors (Lipinski definition) is 7. The van der Waals surface area contributed by atoms with Crippen LogP contribution in [0.1, 0.15) is 5.56 Å². The van der Waals surface area contributed by atoms with Crippen molar-refractivity contribution in [1.82, 2.24) is 15.0 Å². The Kier molecular flexibility index (Phi) is 4.65. The summed E-state index contributed by atoms with van der Waals surface area (Å²) in [6.45, 7) is 1.85. The van der Waals surface area contributed by atoms with Gasteiger partial charge >= 0.3 is 5.69 Å². The SMILES string of the molecule is Cc1ccc(Nc2ncnc(Nc3cc(F)ccc3F)c2[N+](=O)[O-])nc1. The molecule has 26 heavy (non-hydrogen) atoms. The van der Waals surface area contributed by atoms with Crippen molar-refractivity contribution in [3.8, 4) is 0 Å². The average molecular weight is 358 g/mol. The number of aromatic nitrogens is 3. The van der Waals surface area contributed by atoms with Gasteiger partial charge in [-0.05, 0) is 30.7 Å². The van der Waals surface area contributed by atoms with Crippen LogP contribution in [-0.2, 0) is 0 Å². The summed E-state index contributed by atoms with van der Waals surface area (Å²) in [7, 11) is 0. The van der Waals surface area contributed by atoms with Gasteiger partial charge in [-0.2, -0.15) is 0 Å². The summed E-state index contributed by atoms with van der Waals surface area (Å²) in [5.74, 6) is -1.58. The van der Waals surface area contributed by atoms with Crippen molar-refractivity contribution >= 4 is 28.8 Å². The van der Waals surface area contributed by atoms with E-state index < -0.39 is 22.2 Å². The van der Waals surface area contributed by atoms with E-state index in [1.807, 2.05) is 6.92 Å². The summed E-state index contributed by atoms with van der Waals surface area (Å²) >= 11 is 0. The number of nitro groups is 1. The first kappa shape index (κ1) is 17.1. The molecule has 0 fully saturated rings. The molecule has 0 saturated carbocycles. The van der Waals surface area contributed by atoms with Crippen molar-refractivity contribution in [2.24, 2.45) is 0 Å². The molecule has 0 aliphatic heterocycles. The smallest absolute Gasteiger partial charge is 0.332 e. The predicted molar refractivity (Wildman–Crippen MR) is 90.6 cm³/mol. The van der Waals surface area contributed by atoms with E-state index in [4.69, 9.17) is 0 Å². The first-order valence-electron chi connectivity index (χ1n) is 7.35. The lowest BCUT2D eigenvalue weighted by atomic mass is 10.3. The molecule has 0 atom stereocenters. The number of nitrogens with zero attached hydrogens (tertiary/aromatic N) is 4. The number of halogens is 2. The Balaban J connectivity index is 1.99. The van der Waals surface area contributed by atoms with Gasteiger partial charge in [0.1, 0.15) is 23.8 Å². The van der Waals surface area contributed by atoms with Crippen LogP contribution in [0.4, 0.5) is 37.6 Å². The highest BCUT2D eigenvalue weighted by atomic mass is 19.1. The number of benzene rings is 1. The zero-order chi connectivity index (χ0) is 18.7. The summed E-state index contributed by atoms with van der Waals surface area (Å²) in [5, 5.41) is 16.6. The van der Waals surface area contributed by atoms with Crippen molar-refractivity contribution in [3.05, 3.63) is 70.2 Å². The van der Waals surface area contributed by atoms with Gasteiger partial charge in [0.05, 0.1) is 10.6 Å². The molecule has 8 nitrogen and oxygen atoms in total. The third-order valence-electron chi connectivity index (χ3n) is 3.34. The molecule has 3 aromatic rings. The third-order valence-corrected chi connectivity index (χ3v) is 3.34. The van der Waals surface area contributed by atoms with E-state index in [0.717, 1.165) is 30.1 Å². The number of nitrogens with one attached hydrogen (secondary N) is 2. The molecule has 0 aliphatic rings. The minimum absolute atomic E-state index is 0.138. The molecule has 0 aliphatic carbocycles. The van der Waals surface area contributed by atoms with Crippen LogP contribution in [0.25, 0.3) is 0 Å². The Labute approximate surface area is 146 Å². The second-order valence-electron chi connectivity index (χ2n) is 5.27. The summed E-state index contributed by atoms with van der Waals surface area (Å²) in [5.41, 5.74) is 0.0985. The van der Waals surface area contributed by atoms with Gasteiger partial charge in [-0.25, -0.2) is 23.7 Å². The van der Waals surface area contributed by atoms with Gasteiger partial charge in [0, 0.05) is 12.3 Å². The fraction of sp³-hybridized carbons (Fsp3) is 0.0625. The topological polar surface area (TPSA) is 106 Å². The fourth-order valence-electron chi connectivity index (χ4n) is 2.12. The van der Waals surface area contributed by atoms with E-state index in [1.165, 1.54) is 0 Å². The maximum absolute atomic E-state index is 13.8. The highest BCUT2D eigenvalue weighted by Crippen LogP contribution is 2.33. The summed E-state index contributed by atoms with van der Waals surface area (Å²) < 4.78 is 27.1. The van der Waals surface area contributed by atoms with Crippen molar-refractivity contribution in [1.29, 1.82) is 0 Å². The van der Waals surface area contributed by atoms with Gasteiger partial charge in [-0.3, -0.25) is 10.1 Å². The van der Waals surface area contributed by atoms with Crippen LogP contribution in [0.5, 0.6) is 0 Å². The molecule has 0 bridgehead atoms. The van der Waals surface area contributed by atoms with Crippen LogP contribution < -0.4 is 10.6 Å². The molecule has 0 spiro atoms. The molecule has 2 heterocycles. The van der Waals surface area contributed by atoms with E-state index in [1.54, 1.807) is 18.3 Å². The van der Waals surface area contributed by atoms with E-state index in [0.29, 0.717) is 5.82 Å². The third kappa shape index (κ3) is 3.69. The van der Waals surface area contributed by atoms with Crippen molar-refractivity contribution in [2.45, 2.75) is 6.92 Å². The van der Waals surface area contributed by atoms with Crippen LogP contribution in [-0.4, -0.2) is 19.9 Å². The van der Waals surface area contributed by atoms with Crippen molar-refractivity contribution in [2.75, 3.05) is 10.6 Å². The molecule has 0 radical (unpaired) electrons. The van der Waals surface area contributed by atoms with Crippen LogP contribution in [0.15, 0.2) is 42.9 Å². The van der Waals surface area contributed by atoms with Gasteiger partial charge in [-0.15, -0.1) is 0 Å². The Hall–Kier alpha value is -3.69. The summed E-state index contributed by atoms with van der Waals surface area (Å²) in [4.78, 5) is 22.5. The van der Waals surface area contributed by atoms with Crippen molar-refractivity contribution < 1.29 is 13.7 Å². The lowest BCUT2D eigenvalue weighted by Crippen LogP contribution is -2.07. The van der Waals surface area contributed by atoms with Gasteiger partial charge in [0.25, 0.3) is 0 Å². The predicted octanol–water partition coefficient (Wildman–Crippen LogP) is 3.85. The molecule has 0 unspecified atom stereocenters. The molecule has 10 heteroatoms. The first-order chi connectivity index (χ1) is 12.4. The van der Waals surface area contributed by atoms with E-state index in [-0.39, 0.29) is 17.3 Å². The summed E-state index contributed by atoms with van der Waals surface area (Å²) in [6, 6.07) is 6.10. The highest BCUT2D eigenvalue weighted by molar-refractivity contribution is 5.76.